The highest BCUT2D eigenvalue weighted by Gasteiger charge is 2.28. The quantitative estimate of drug-likeness (QED) is 0.623. The molecular formula is C16H22N6O2S. The number of hydrogen-bond acceptors (Lipinski definition) is 7. The maximum Gasteiger partial charge on any atom is 0.233 e. The molecule has 1 aliphatic heterocycles. The number of rotatable bonds is 5. The lowest BCUT2D eigenvalue weighted by Crippen LogP contribution is -2.40. The lowest BCUT2D eigenvalue weighted by Gasteiger charge is -2.32. The first kappa shape index (κ1) is 17.8. The van der Waals surface area contributed by atoms with Gasteiger partial charge in [-0.2, -0.15) is 0 Å². The van der Waals surface area contributed by atoms with Crippen LogP contribution in [0, 0.1) is 6.92 Å². The summed E-state index contributed by atoms with van der Waals surface area (Å²) < 4.78 is 1.83. The minimum Gasteiger partial charge on any atom is -0.388 e. The van der Waals surface area contributed by atoms with Crippen molar-refractivity contribution in [1.29, 1.82) is 0 Å². The molecule has 0 aliphatic carbocycles. The van der Waals surface area contributed by atoms with Gasteiger partial charge in [-0.3, -0.25) is 4.79 Å². The molecule has 0 saturated carbocycles. The van der Waals surface area contributed by atoms with E-state index in [-0.39, 0.29) is 18.4 Å². The molecule has 8 nitrogen and oxygen atoms in total. The van der Waals surface area contributed by atoms with Crippen molar-refractivity contribution in [2.45, 2.75) is 37.4 Å². The van der Waals surface area contributed by atoms with E-state index >= 15 is 0 Å². The molecule has 2 aromatic rings. The maximum absolute atomic E-state index is 12.5. The van der Waals surface area contributed by atoms with Gasteiger partial charge in [0.2, 0.25) is 5.91 Å². The molecule has 3 heterocycles. The molecule has 1 aliphatic rings. The van der Waals surface area contributed by atoms with Gasteiger partial charge in [0, 0.05) is 37.9 Å². The molecule has 1 amide bonds. The van der Waals surface area contributed by atoms with Crippen molar-refractivity contribution in [2.24, 2.45) is 7.05 Å². The number of aryl methyl sites for hydroxylation is 1. The SMILES string of the molecule is Cc1ccnc(SCC(=O)N2CCCC(c3nnc(CO)n3C)C2)n1. The number of nitrogens with zero attached hydrogens (tertiary/aromatic N) is 6. The van der Waals surface area contributed by atoms with Crippen molar-refractivity contribution in [2.75, 3.05) is 18.8 Å². The van der Waals surface area contributed by atoms with Gasteiger partial charge in [-0.25, -0.2) is 9.97 Å². The average Bonchev–Trinajstić information content (AvgIpc) is 3.00. The first-order valence-electron chi connectivity index (χ1n) is 8.27. The summed E-state index contributed by atoms with van der Waals surface area (Å²) in [6.45, 7) is 3.16. The number of aliphatic hydroxyl groups is 1. The highest BCUT2D eigenvalue weighted by atomic mass is 32.2. The van der Waals surface area contributed by atoms with E-state index < -0.39 is 0 Å². The molecular weight excluding hydrogens is 340 g/mol. The fourth-order valence-corrected chi connectivity index (χ4v) is 3.78. The van der Waals surface area contributed by atoms with Gasteiger partial charge < -0.3 is 14.6 Å². The van der Waals surface area contributed by atoms with E-state index in [9.17, 15) is 9.90 Å². The van der Waals surface area contributed by atoms with Gasteiger partial charge in [-0.1, -0.05) is 11.8 Å². The maximum atomic E-state index is 12.5. The van der Waals surface area contributed by atoms with Crippen LogP contribution in [0.3, 0.4) is 0 Å². The zero-order valence-electron chi connectivity index (χ0n) is 14.4. The second kappa shape index (κ2) is 7.92. The van der Waals surface area contributed by atoms with Crippen molar-refractivity contribution < 1.29 is 9.90 Å². The number of piperidine rings is 1. The van der Waals surface area contributed by atoms with Crippen molar-refractivity contribution in [3.05, 3.63) is 29.6 Å². The third-order valence-electron chi connectivity index (χ3n) is 4.38. The Morgan fingerprint density at radius 3 is 3.00 bits per heavy atom. The van der Waals surface area contributed by atoms with Crippen LogP contribution in [-0.4, -0.2) is 59.5 Å². The number of likely N-dealkylation sites (tertiary alicyclic amines) is 1. The summed E-state index contributed by atoms with van der Waals surface area (Å²) in [5, 5.41) is 18.1. The summed E-state index contributed by atoms with van der Waals surface area (Å²) in [4.78, 5) is 22.9. The van der Waals surface area contributed by atoms with Crippen LogP contribution < -0.4 is 0 Å². The van der Waals surface area contributed by atoms with Crippen molar-refractivity contribution in [1.82, 2.24) is 29.6 Å². The number of thioether (sulfide) groups is 1. The summed E-state index contributed by atoms with van der Waals surface area (Å²) in [6, 6.07) is 1.84. The summed E-state index contributed by atoms with van der Waals surface area (Å²) in [5.41, 5.74) is 0.893. The van der Waals surface area contributed by atoms with E-state index in [1.54, 1.807) is 6.20 Å². The predicted octanol–water partition coefficient (Wildman–Crippen LogP) is 0.904. The smallest absolute Gasteiger partial charge is 0.233 e. The number of carbonyl (C=O) groups is 1. The molecule has 0 aromatic carbocycles. The Kier molecular flexibility index (Phi) is 5.64. The van der Waals surface area contributed by atoms with Crippen molar-refractivity contribution in [3.8, 4) is 0 Å². The monoisotopic (exact) mass is 362 g/mol. The minimum atomic E-state index is -0.133. The zero-order valence-corrected chi connectivity index (χ0v) is 15.2. The van der Waals surface area contributed by atoms with Gasteiger partial charge in [0.15, 0.2) is 11.0 Å². The van der Waals surface area contributed by atoms with E-state index in [0.29, 0.717) is 23.3 Å². The van der Waals surface area contributed by atoms with Gasteiger partial charge in [0.25, 0.3) is 0 Å². The van der Waals surface area contributed by atoms with Crippen LogP contribution in [0.25, 0.3) is 0 Å². The van der Waals surface area contributed by atoms with Crippen LogP contribution in [0.5, 0.6) is 0 Å². The second-order valence-electron chi connectivity index (χ2n) is 6.14. The standard InChI is InChI=1S/C16H22N6O2S/c1-11-5-6-17-16(18-11)25-10-14(24)22-7-3-4-12(8-22)15-20-19-13(9-23)21(15)2/h5-6,12,23H,3-4,7-10H2,1-2H3. The van der Waals surface area contributed by atoms with Gasteiger partial charge in [0.05, 0.1) is 5.75 Å². The third kappa shape index (κ3) is 4.16. The summed E-state index contributed by atoms with van der Waals surface area (Å²) in [6.07, 6.45) is 3.61. The van der Waals surface area contributed by atoms with E-state index in [2.05, 4.69) is 20.2 Å². The molecule has 1 atom stereocenters. The molecule has 1 fully saturated rings. The van der Waals surface area contributed by atoms with Crippen LogP contribution in [0.1, 0.15) is 36.1 Å². The Labute approximate surface area is 150 Å². The minimum absolute atomic E-state index is 0.0874. The Morgan fingerprint density at radius 1 is 1.44 bits per heavy atom. The summed E-state index contributed by atoms with van der Waals surface area (Å²) in [7, 11) is 1.85. The molecule has 3 rings (SSSR count). The molecule has 25 heavy (non-hydrogen) atoms. The first-order chi connectivity index (χ1) is 12.1. The number of amides is 1. The van der Waals surface area contributed by atoms with Gasteiger partial charge >= 0.3 is 0 Å². The molecule has 1 unspecified atom stereocenters. The topological polar surface area (TPSA) is 97.0 Å². The number of aliphatic hydroxyl groups excluding tert-OH is 1. The Morgan fingerprint density at radius 2 is 2.28 bits per heavy atom. The van der Waals surface area contributed by atoms with Crippen LogP contribution in [-0.2, 0) is 18.4 Å². The first-order valence-corrected chi connectivity index (χ1v) is 9.26. The highest BCUT2D eigenvalue weighted by molar-refractivity contribution is 7.99. The van der Waals surface area contributed by atoms with Crippen LogP contribution >= 0.6 is 11.8 Å². The summed E-state index contributed by atoms with van der Waals surface area (Å²) in [5.74, 6) is 1.94. The fraction of sp³-hybridized carbons (Fsp3) is 0.562. The predicted molar refractivity (Wildman–Crippen MR) is 93.0 cm³/mol. The van der Waals surface area contributed by atoms with Crippen molar-refractivity contribution in [3.63, 3.8) is 0 Å². The van der Waals surface area contributed by atoms with E-state index in [4.69, 9.17) is 0 Å². The van der Waals surface area contributed by atoms with E-state index in [0.717, 1.165) is 30.9 Å². The summed E-state index contributed by atoms with van der Waals surface area (Å²) >= 11 is 1.36. The molecule has 0 radical (unpaired) electrons. The number of aromatic nitrogens is 5. The molecule has 134 valence electrons. The van der Waals surface area contributed by atoms with Crippen LogP contribution in [0.4, 0.5) is 0 Å². The van der Waals surface area contributed by atoms with E-state index in [1.807, 2.05) is 29.5 Å². The lowest BCUT2D eigenvalue weighted by molar-refractivity contribution is -0.129. The second-order valence-corrected chi connectivity index (χ2v) is 7.08. The third-order valence-corrected chi connectivity index (χ3v) is 5.22. The molecule has 9 heteroatoms. The zero-order chi connectivity index (χ0) is 17.8. The van der Waals surface area contributed by atoms with Gasteiger partial charge in [-0.15, -0.1) is 10.2 Å². The molecule has 1 N–H and O–H groups in total. The molecule has 0 spiro atoms. The normalized spacial score (nSPS) is 17.7. The number of carbonyl (C=O) groups excluding carboxylic acids is 1. The largest absolute Gasteiger partial charge is 0.388 e. The Balaban J connectivity index is 1.60. The highest BCUT2D eigenvalue weighted by Crippen LogP contribution is 2.26. The average molecular weight is 362 g/mol. The molecule has 0 bridgehead atoms. The van der Waals surface area contributed by atoms with E-state index in [1.165, 1.54) is 11.8 Å². The fourth-order valence-electron chi connectivity index (χ4n) is 3.00. The molecule has 1 saturated heterocycles. The van der Waals surface area contributed by atoms with Crippen LogP contribution in [0.2, 0.25) is 0 Å². The molecule has 2 aromatic heterocycles. The lowest BCUT2D eigenvalue weighted by atomic mass is 9.97. The number of hydrogen-bond donors (Lipinski definition) is 1. The Bertz CT molecular complexity index is 750. The Hall–Kier alpha value is -2.00. The van der Waals surface area contributed by atoms with Crippen LogP contribution in [0.15, 0.2) is 17.4 Å². The van der Waals surface area contributed by atoms with Gasteiger partial charge in [-0.05, 0) is 25.8 Å². The van der Waals surface area contributed by atoms with Gasteiger partial charge in [0.1, 0.15) is 12.4 Å². The van der Waals surface area contributed by atoms with Crippen molar-refractivity contribution >= 4 is 17.7 Å².